The lowest BCUT2D eigenvalue weighted by Crippen LogP contribution is -3.00. The Hall–Kier alpha value is -1.88. The normalized spacial score (nSPS) is 10.9. The maximum Gasteiger partial charge on any atom is 0.411 e. The number of benzene rings is 1. The van der Waals surface area contributed by atoms with E-state index in [1.807, 2.05) is 34.9 Å². The molecule has 0 bridgehead atoms. The Morgan fingerprint density at radius 1 is 1.39 bits per heavy atom. The number of hydrogen-bond acceptors (Lipinski definition) is 5. The molecular weight excluding hydrogens is 455 g/mol. The van der Waals surface area contributed by atoms with Crippen molar-refractivity contribution in [1.29, 1.82) is 0 Å². The summed E-state index contributed by atoms with van der Waals surface area (Å²) >= 11 is 12.0. The van der Waals surface area contributed by atoms with Crippen LogP contribution in [0.5, 0.6) is 5.75 Å². The van der Waals surface area contributed by atoms with Crippen molar-refractivity contribution in [2.75, 3.05) is 22.9 Å². The molecule has 28 heavy (non-hydrogen) atoms. The number of nitrogens with one attached hydrogen (secondary N) is 2. The molecule has 0 saturated carbocycles. The molecule has 0 unspecified atom stereocenters. The van der Waals surface area contributed by atoms with Gasteiger partial charge in [0.05, 0.1) is 42.9 Å². The molecule has 0 atom stereocenters. The number of methoxy groups -OCH3 is 1. The molecule has 1 amide bonds. The molecule has 0 fully saturated rings. The number of carbonyl (C=O) groups is 1. The Bertz CT molecular complexity index is 949. The quantitative estimate of drug-likeness (QED) is 0.365. The number of ether oxygens (including phenoxy) is 1. The Kier molecular flexibility index (Phi) is 8.68. The van der Waals surface area contributed by atoms with Gasteiger partial charge in [-0.15, -0.1) is 0 Å². The summed E-state index contributed by atoms with van der Waals surface area (Å²) in [6.07, 6.45) is 5.02. The van der Waals surface area contributed by atoms with Gasteiger partial charge in [0.15, 0.2) is 5.75 Å². The Morgan fingerprint density at radius 3 is 2.64 bits per heavy atom. The van der Waals surface area contributed by atoms with Crippen molar-refractivity contribution in [3.8, 4) is 5.75 Å². The predicted octanol–water partition coefficient (Wildman–Crippen LogP) is -0.661. The number of aromatic hydroxyl groups is 1. The number of halogens is 3. The van der Waals surface area contributed by atoms with Gasteiger partial charge in [-0.2, -0.15) is 0 Å². The number of hydrogen-bond donors (Lipinski definition) is 3. The monoisotopic (exact) mass is 472 g/mol. The largest absolute Gasteiger partial charge is 1.00 e. The van der Waals surface area contributed by atoms with E-state index < -0.39 is 21.9 Å². The third kappa shape index (κ3) is 6.33. The van der Waals surface area contributed by atoms with Crippen LogP contribution in [0.15, 0.2) is 24.8 Å². The average molecular weight is 474 g/mol. The molecule has 1 aromatic heterocycles. The summed E-state index contributed by atoms with van der Waals surface area (Å²) in [5.74, 6) is -0.736. The molecule has 13 heteroatoms. The van der Waals surface area contributed by atoms with Crippen molar-refractivity contribution in [1.82, 2.24) is 4.57 Å². The van der Waals surface area contributed by atoms with Gasteiger partial charge in [-0.25, -0.2) is 22.3 Å². The van der Waals surface area contributed by atoms with Gasteiger partial charge in [0.1, 0.15) is 17.4 Å². The summed E-state index contributed by atoms with van der Waals surface area (Å²) in [5.41, 5.74) is -0.279. The standard InChI is InChI=1S/C15H18Cl2N4O5S.ClH/c1-20-5-6-21(9-20)4-3-7-27(24,25)19-11-8-10(16)13(12(17)14(11)22)18-15(23)26-2;/h5-6,8-9,19H,3-4,7H2,1-2H3,(H-,18,22,23);1H. The molecule has 0 saturated heterocycles. The Labute approximate surface area is 178 Å². The smallest absolute Gasteiger partial charge is 0.411 e. The highest BCUT2D eigenvalue weighted by molar-refractivity contribution is 7.92. The number of phenolic OH excluding ortho intramolecular Hbond substituents is 1. The maximum atomic E-state index is 12.3. The minimum atomic E-state index is -3.75. The maximum absolute atomic E-state index is 12.3. The van der Waals surface area contributed by atoms with Gasteiger partial charge in [-0.05, 0) is 6.07 Å². The summed E-state index contributed by atoms with van der Waals surface area (Å²) in [5, 5.41) is 12.0. The molecule has 2 rings (SSSR count). The van der Waals surface area contributed by atoms with E-state index in [9.17, 15) is 18.3 Å². The molecule has 0 spiro atoms. The molecule has 1 aromatic carbocycles. The third-order valence-corrected chi connectivity index (χ3v) is 5.55. The van der Waals surface area contributed by atoms with Crippen LogP contribution in [0.1, 0.15) is 6.42 Å². The first kappa shape index (κ1) is 24.2. The van der Waals surface area contributed by atoms with Gasteiger partial charge >= 0.3 is 6.09 Å². The average Bonchev–Trinajstić information content (AvgIpc) is 3.01. The van der Waals surface area contributed by atoms with Gasteiger partial charge in [0, 0.05) is 6.42 Å². The van der Waals surface area contributed by atoms with Gasteiger partial charge < -0.3 is 22.3 Å². The van der Waals surface area contributed by atoms with Crippen LogP contribution < -0.4 is 27.0 Å². The van der Waals surface area contributed by atoms with Crippen molar-refractivity contribution in [2.24, 2.45) is 7.05 Å². The lowest BCUT2D eigenvalue weighted by molar-refractivity contribution is -0.671. The van der Waals surface area contributed by atoms with E-state index in [-0.39, 0.29) is 39.6 Å². The zero-order chi connectivity index (χ0) is 20.2. The van der Waals surface area contributed by atoms with Crippen LogP contribution in [-0.4, -0.2) is 37.0 Å². The highest BCUT2D eigenvalue weighted by Gasteiger charge is 2.21. The first-order valence-electron chi connectivity index (χ1n) is 7.70. The highest BCUT2D eigenvalue weighted by atomic mass is 35.5. The summed E-state index contributed by atoms with van der Waals surface area (Å²) in [6.45, 7) is 0.511. The minimum Gasteiger partial charge on any atom is -1.00 e. The molecule has 156 valence electrons. The van der Waals surface area contributed by atoms with E-state index in [4.69, 9.17) is 23.2 Å². The number of nitrogens with zero attached hydrogens (tertiary/aromatic N) is 2. The second-order valence-corrected chi connectivity index (χ2v) is 8.28. The molecule has 0 radical (unpaired) electrons. The fraction of sp³-hybridized carbons (Fsp3) is 0.333. The van der Waals surface area contributed by atoms with Crippen LogP contribution in [0, 0.1) is 0 Å². The molecule has 0 aliphatic carbocycles. The number of anilines is 2. The van der Waals surface area contributed by atoms with Crippen molar-refractivity contribution in [3.63, 3.8) is 0 Å². The van der Waals surface area contributed by atoms with Gasteiger partial charge in [-0.3, -0.25) is 10.0 Å². The number of rotatable bonds is 7. The summed E-state index contributed by atoms with van der Waals surface area (Å²) in [6, 6.07) is 1.15. The number of aromatic nitrogens is 2. The highest BCUT2D eigenvalue weighted by Crippen LogP contribution is 2.43. The minimum absolute atomic E-state index is 0. The Balaban J connectivity index is 0.00000392. The van der Waals surface area contributed by atoms with Crippen LogP contribution >= 0.6 is 23.2 Å². The van der Waals surface area contributed by atoms with Crippen molar-refractivity contribution in [2.45, 2.75) is 13.0 Å². The van der Waals surface area contributed by atoms with Crippen LogP contribution in [0.3, 0.4) is 0 Å². The van der Waals surface area contributed by atoms with Crippen LogP contribution in [0.2, 0.25) is 10.0 Å². The number of imidazole rings is 1. The molecule has 0 aliphatic rings. The molecule has 2 aromatic rings. The molecule has 0 aliphatic heterocycles. The topological polar surface area (TPSA) is 114 Å². The second-order valence-electron chi connectivity index (χ2n) is 5.65. The number of aryl methyl sites for hydroxylation is 2. The Morgan fingerprint density at radius 2 is 2.07 bits per heavy atom. The fourth-order valence-corrected chi connectivity index (χ4v) is 3.90. The van der Waals surface area contributed by atoms with Crippen molar-refractivity contribution in [3.05, 3.63) is 34.8 Å². The van der Waals surface area contributed by atoms with E-state index in [0.29, 0.717) is 13.0 Å². The van der Waals surface area contributed by atoms with E-state index in [2.05, 4.69) is 14.8 Å². The number of carbonyl (C=O) groups excluding carboxylic acids is 1. The molecular formula is C15H19Cl3N4O5S. The number of amides is 1. The first-order chi connectivity index (χ1) is 12.6. The van der Waals surface area contributed by atoms with Gasteiger partial charge in [0.2, 0.25) is 16.4 Å². The van der Waals surface area contributed by atoms with Crippen LogP contribution in [0.4, 0.5) is 16.2 Å². The number of phenols is 1. The zero-order valence-corrected chi connectivity index (χ0v) is 18.0. The zero-order valence-electron chi connectivity index (χ0n) is 14.9. The number of sulfonamides is 1. The third-order valence-electron chi connectivity index (χ3n) is 3.52. The van der Waals surface area contributed by atoms with Crippen molar-refractivity contribution < 1.29 is 40.0 Å². The van der Waals surface area contributed by atoms with Crippen LogP contribution in [0.25, 0.3) is 0 Å². The van der Waals surface area contributed by atoms with E-state index in [0.717, 1.165) is 13.2 Å². The second kappa shape index (κ2) is 10.1. The summed E-state index contributed by atoms with van der Waals surface area (Å²) in [7, 11) is -0.743. The lowest BCUT2D eigenvalue weighted by Gasteiger charge is -2.14. The van der Waals surface area contributed by atoms with E-state index in [1.54, 1.807) is 0 Å². The lowest BCUT2D eigenvalue weighted by atomic mass is 10.2. The van der Waals surface area contributed by atoms with E-state index in [1.165, 1.54) is 0 Å². The van der Waals surface area contributed by atoms with Gasteiger partial charge in [-0.1, -0.05) is 23.2 Å². The molecule has 1 heterocycles. The molecule has 3 N–H and O–H groups in total. The SMILES string of the molecule is COC(=O)Nc1c(Cl)cc(NS(=O)(=O)CCCn2cc[n+](C)c2)c(O)c1Cl.[Cl-]. The molecule has 9 nitrogen and oxygen atoms in total. The van der Waals surface area contributed by atoms with E-state index >= 15 is 0 Å². The van der Waals surface area contributed by atoms with Crippen molar-refractivity contribution >= 4 is 50.7 Å². The summed E-state index contributed by atoms with van der Waals surface area (Å²) in [4.78, 5) is 11.3. The van der Waals surface area contributed by atoms with Crippen LogP contribution in [-0.2, 0) is 28.4 Å². The predicted molar refractivity (Wildman–Crippen MR) is 102 cm³/mol. The first-order valence-corrected chi connectivity index (χ1v) is 10.1. The van der Waals surface area contributed by atoms with Gasteiger partial charge in [0.25, 0.3) is 0 Å². The summed E-state index contributed by atoms with van der Waals surface area (Å²) < 4.78 is 34.9. The fourth-order valence-electron chi connectivity index (χ4n) is 2.24.